The number of nitrogens with zero attached hydrogens (tertiary/aromatic N) is 2. The smallest absolute Gasteiger partial charge is 0.258 e. The average molecular weight is 519 g/mol. The van der Waals surface area contributed by atoms with Crippen LogP contribution in [0.25, 0.3) is 6.20 Å². The minimum atomic E-state index is -0.582. The maximum absolute atomic E-state index is 13.4. The normalized spacial score (nSPS) is 17.2. The van der Waals surface area contributed by atoms with Gasteiger partial charge in [-0.1, -0.05) is 53.9 Å². The number of nitrogens with one attached hydrogen (secondary N) is 2. The Morgan fingerprint density at radius 3 is 2.46 bits per heavy atom. The predicted molar refractivity (Wildman–Crippen MR) is 148 cm³/mol. The maximum atomic E-state index is 13.4. The number of aliphatic hydroxyl groups is 1. The standard InChI is InChI=1S/C29H50N4O4/c1-8-21(5)16-23(18-34)25(9-2)31-27(36)24-17-30-33(28(24)37-19-20(3)4)15-14-29(6,7)32-26(35)22-12-10-11-13-22/h14-15,17,20-23,25,34H,8-13,16,18-19H2,1-7H3,(H,31,36)(H,32,35)/b15-14+/t21?,23?,25-/m0/s1. The van der Waals surface area contributed by atoms with E-state index in [-0.39, 0.29) is 42.2 Å². The molecule has 37 heavy (non-hydrogen) atoms. The minimum absolute atomic E-state index is 0.0110. The van der Waals surface area contributed by atoms with Gasteiger partial charge in [-0.05, 0) is 57.4 Å². The third-order valence-corrected chi connectivity index (χ3v) is 7.31. The van der Waals surface area contributed by atoms with Gasteiger partial charge < -0.3 is 20.5 Å². The first kappa shape index (κ1) is 30.9. The van der Waals surface area contributed by atoms with Crippen LogP contribution in [-0.2, 0) is 4.79 Å². The summed E-state index contributed by atoms with van der Waals surface area (Å²) in [5, 5.41) is 20.7. The van der Waals surface area contributed by atoms with Crippen molar-refractivity contribution in [3.8, 4) is 5.88 Å². The quantitative estimate of drug-likeness (QED) is 0.302. The second-order valence-corrected chi connectivity index (χ2v) is 11.7. The van der Waals surface area contributed by atoms with Crippen molar-refractivity contribution in [1.29, 1.82) is 0 Å². The summed E-state index contributed by atoms with van der Waals surface area (Å²) in [6.07, 6.45) is 11.9. The largest absolute Gasteiger partial charge is 0.477 e. The van der Waals surface area contributed by atoms with E-state index in [0.717, 1.165) is 44.9 Å². The Kier molecular flexibility index (Phi) is 12.1. The van der Waals surface area contributed by atoms with Gasteiger partial charge in [0, 0.05) is 30.7 Å². The van der Waals surface area contributed by atoms with E-state index >= 15 is 0 Å². The van der Waals surface area contributed by atoms with E-state index in [2.05, 4.69) is 29.6 Å². The van der Waals surface area contributed by atoms with E-state index in [1.165, 1.54) is 6.20 Å². The van der Waals surface area contributed by atoms with E-state index in [9.17, 15) is 14.7 Å². The van der Waals surface area contributed by atoms with E-state index in [1.807, 2.05) is 40.7 Å². The number of carbonyl (C=O) groups is 2. The second kappa shape index (κ2) is 14.6. The zero-order chi connectivity index (χ0) is 27.6. The van der Waals surface area contributed by atoms with Crippen molar-refractivity contribution in [2.45, 2.75) is 105 Å². The molecule has 1 heterocycles. The number of hydrogen-bond donors (Lipinski definition) is 3. The summed E-state index contributed by atoms with van der Waals surface area (Å²) in [6.45, 7) is 14.8. The van der Waals surface area contributed by atoms with Crippen LogP contribution in [0.5, 0.6) is 5.88 Å². The highest BCUT2D eigenvalue weighted by atomic mass is 16.5. The Balaban J connectivity index is 2.21. The summed E-state index contributed by atoms with van der Waals surface area (Å²) >= 11 is 0. The number of ether oxygens (including phenoxy) is 1. The molecule has 2 unspecified atom stereocenters. The van der Waals surface area contributed by atoms with Crippen LogP contribution < -0.4 is 15.4 Å². The molecule has 1 aliphatic carbocycles. The molecule has 210 valence electrons. The van der Waals surface area contributed by atoms with E-state index in [4.69, 9.17) is 4.74 Å². The number of hydrogen-bond acceptors (Lipinski definition) is 5. The lowest BCUT2D eigenvalue weighted by atomic mass is 9.87. The second-order valence-electron chi connectivity index (χ2n) is 11.7. The Bertz CT molecular complexity index is 886. The average Bonchev–Trinajstić information content (AvgIpc) is 3.53. The van der Waals surface area contributed by atoms with Crippen molar-refractivity contribution in [2.75, 3.05) is 13.2 Å². The summed E-state index contributed by atoms with van der Waals surface area (Å²) in [5.74, 6) is 1.02. The number of amides is 2. The molecule has 8 heteroatoms. The number of rotatable bonds is 15. The molecule has 0 radical (unpaired) electrons. The lowest BCUT2D eigenvalue weighted by molar-refractivity contribution is -0.125. The van der Waals surface area contributed by atoms with Crippen molar-refractivity contribution in [1.82, 2.24) is 20.4 Å². The van der Waals surface area contributed by atoms with Crippen molar-refractivity contribution in [3.63, 3.8) is 0 Å². The van der Waals surface area contributed by atoms with Gasteiger partial charge in [-0.15, -0.1) is 0 Å². The summed E-state index contributed by atoms with van der Waals surface area (Å²) in [6, 6.07) is -0.145. The van der Waals surface area contributed by atoms with Crippen molar-refractivity contribution in [2.24, 2.45) is 23.7 Å². The highest BCUT2D eigenvalue weighted by molar-refractivity contribution is 5.96. The molecule has 1 aromatic rings. The van der Waals surface area contributed by atoms with Crippen LogP contribution in [0.3, 0.4) is 0 Å². The predicted octanol–water partition coefficient (Wildman–Crippen LogP) is 5.03. The molecule has 0 aromatic carbocycles. The van der Waals surface area contributed by atoms with Crippen molar-refractivity contribution < 1.29 is 19.4 Å². The highest BCUT2D eigenvalue weighted by Crippen LogP contribution is 2.26. The molecule has 1 fully saturated rings. The first-order chi connectivity index (χ1) is 17.5. The van der Waals surface area contributed by atoms with E-state index in [1.54, 1.807) is 10.9 Å². The molecular weight excluding hydrogens is 468 g/mol. The zero-order valence-electron chi connectivity index (χ0n) is 24.0. The van der Waals surface area contributed by atoms with Gasteiger partial charge in [0.1, 0.15) is 5.56 Å². The molecule has 8 nitrogen and oxygen atoms in total. The van der Waals surface area contributed by atoms with Gasteiger partial charge in [0.25, 0.3) is 5.91 Å². The van der Waals surface area contributed by atoms with Crippen molar-refractivity contribution >= 4 is 18.0 Å². The molecule has 1 aliphatic rings. The highest BCUT2D eigenvalue weighted by Gasteiger charge is 2.28. The molecule has 0 saturated heterocycles. The fraction of sp³-hybridized carbons (Fsp3) is 0.759. The van der Waals surface area contributed by atoms with Gasteiger partial charge in [0.05, 0.1) is 18.3 Å². The van der Waals surface area contributed by atoms with E-state index < -0.39 is 5.54 Å². The van der Waals surface area contributed by atoms with Crippen molar-refractivity contribution in [3.05, 3.63) is 17.8 Å². The lowest BCUT2D eigenvalue weighted by Gasteiger charge is -2.27. The monoisotopic (exact) mass is 518 g/mol. The van der Waals surface area contributed by atoms with Crippen LogP contribution in [0, 0.1) is 23.7 Å². The van der Waals surface area contributed by atoms with Crippen LogP contribution >= 0.6 is 0 Å². The van der Waals surface area contributed by atoms with Crippen LogP contribution in [0.1, 0.15) is 104 Å². The fourth-order valence-corrected chi connectivity index (χ4v) is 4.76. The molecule has 2 amide bonds. The van der Waals surface area contributed by atoms with Crippen LogP contribution in [0.2, 0.25) is 0 Å². The van der Waals surface area contributed by atoms with Crippen LogP contribution in [0.15, 0.2) is 12.3 Å². The SMILES string of the molecule is CCC(C)CC(CO)[C@H](CC)NC(=O)c1cnn(/C=C/C(C)(C)NC(=O)C2CCCC2)c1OCC(C)C. The van der Waals surface area contributed by atoms with Gasteiger partial charge in [-0.2, -0.15) is 5.10 Å². The van der Waals surface area contributed by atoms with Gasteiger partial charge in [-0.3, -0.25) is 9.59 Å². The molecule has 2 rings (SSSR count). The first-order valence-electron chi connectivity index (χ1n) is 14.1. The molecule has 1 saturated carbocycles. The summed E-state index contributed by atoms with van der Waals surface area (Å²) in [4.78, 5) is 26.0. The molecular formula is C29H50N4O4. The lowest BCUT2D eigenvalue weighted by Crippen LogP contribution is -2.44. The maximum Gasteiger partial charge on any atom is 0.258 e. The van der Waals surface area contributed by atoms with Gasteiger partial charge in [0.15, 0.2) is 0 Å². The van der Waals surface area contributed by atoms with Crippen LogP contribution in [-0.4, -0.2) is 51.5 Å². The third kappa shape index (κ3) is 9.47. The van der Waals surface area contributed by atoms with Gasteiger partial charge >= 0.3 is 0 Å². The summed E-state index contributed by atoms with van der Waals surface area (Å²) in [7, 11) is 0. The number of carbonyl (C=O) groups excluding carboxylic acids is 2. The molecule has 0 aliphatic heterocycles. The topological polar surface area (TPSA) is 105 Å². The Hall–Kier alpha value is -2.35. The minimum Gasteiger partial charge on any atom is -0.477 e. The summed E-state index contributed by atoms with van der Waals surface area (Å²) in [5.41, 5.74) is -0.224. The van der Waals surface area contributed by atoms with Gasteiger partial charge in [-0.25, -0.2) is 4.68 Å². The Morgan fingerprint density at radius 2 is 1.89 bits per heavy atom. The molecule has 0 bridgehead atoms. The third-order valence-electron chi connectivity index (χ3n) is 7.31. The molecule has 3 N–H and O–H groups in total. The zero-order valence-corrected chi connectivity index (χ0v) is 24.0. The summed E-state index contributed by atoms with van der Waals surface area (Å²) < 4.78 is 7.61. The first-order valence-corrected chi connectivity index (χ1v) is 14.1. The Morgan fingerprint density at radius 1 is 1.22 bits per heavy atom. The molecule has 3 atom stereocenters. The van der Waals surface area contributed by atoms with Gasteiger partial charge in [0.2, 0.25) is 11.8 Å². The number of aromatic nitrogens is 2. The van der Waals surface area contributed by atoms with E-state index in [0.29, 0.717) is 24.0 Å². The number of aliphatic hydroxyl groups excluding tert-OH is 1. The molecule has 1 aromatic heterocycles. The fourth-order valence-electron chi connectivity index (χ4n) is 4.76. The Labute approximate surface area is 223 Å². The van der Waals surface area contributed by atoms with Crippen LogP contribution in [0.4, 0.5) is 0 Å². The molecule has 0 spiro atoms.